The number of ketones is 1. The molecule has 268 valence electrons. The molecule has 4 aliphatic rings. The quantitative estimate of drug-likeness (QED) is 0.116. The van der Waals surface area contributed by atoms with Crippen LogP contribution in [-0.4, -0.2) is 44.8 Å². The largest absolute Gasteiger partial charge is 0.453 e. The van der Waals surface area contributed by atoms with Gasteiger partial charge in [-0.05, 0) is 91.8 Å². The number of aliphatic hydroxyl groups is 1. The van der Waals surface area contributed by atoms with E-state index in [1.54, 1.807) is 0 Å². The molecule has 9 atom stereocenters. The number of carbonyl (C=O) groups excluding carboxylic acids is 1. The van der Waals surface area contributed by atoms with Crippen molar-refractivity contribution in [2.24, 2.45) is 40.4 Å². The third kappa shape index (κ3) is 9.15. The minimum atomic E-state index is -5.53. The molecule has 4 fully saturated rings. The summed E-state index contributed by atoms with van der Waals surface area (Å²) in [4.78, 5) is 12.5. The lowest BCUT2D eigenvalue weighted by molar-refractivity contribution is -0.284. The van der Waals surface area contributed by atoms with Gasteiger partial charge in [0.15, 0.2) is 0 Å². The fourth-order valence-electron chi connectivity index (χ4n) is 10.4. The van der Waals surface area contributed by atoms with Crippen LogP contribution in [0.25, 0.3) is 0 Å². The summed E-state index contributed by atoms with van der Waals surface area (Å²) in [6, 6.07) is 0. The van der Waals surface area contributed by atoms with E-state index in [1.165, 1.54) is 70.6 Å². The van der Waals surface area contributed by atoms with E-state index in [9.17, 15) is 36.1 Å². The first kappa shape index (κ1) is 38.2. The highest BCUT2D eigenvalue weighted by Gasteiger charge is 2.62. The van der Waals surface area contributed by atoms with Crippen LogP contribution in [0.4, 0.5) is 22.0 Å². The van der Waals surface area contributed by atoms with Crippen molar-refractivity contribution < 1.29 is 36.1 Å². The fourth-order valence-corrected chi connectivity index (χ4v) is 11.6. The van der Waals surface area contributed by atoms with Gasteiger partial charge in [-0.3, -0.25) is 9.00 Å². The van der Waals surface area contributed by atoms with Gasteiger partial charge in [-0.25, -0.2) is 0 Å². The van der Waals surface area contributed by atoms with Crippen molar-refractivity contribution in [3.63, 3.8) is 0 Å². The van der Waals surface area contributed by atoms with Crippen LogP contribution < -0.4 is 0 Å². The second kappa shape index (κ2) is 16.4. The number of hydrogen-bond donors (Lipinski definition) is 1. The monoisotopic (exact) mass is 680 g/mol. The standard InChI is InChI=1S/C37H61F5O3S/c1-34-21-18-29(43)26-28(34)25-27(33-30-16-17-32(44)35(30,2)22-19-31(33)34)15-12-10-8-6-4-3-5-7-9-11-13-23-46(45)24-14-20-36(38,39)37(40,41)42/h27-28,30-33,44H,3-26H2,1-2H3/t27?,28?,30-,31+,32?,33-,34-,35-,46?/m0/s1. The normalized spacial score (nSPS) is 35.4. The second-order valence-corrected chi connectivity index (χ2v) is 17.9. The maximum Gasteiger partial charge on any atom is 0.453 e. The summed E-state index contributed by atoms with van der Waals surface area (Å²) >= 11 is 0. The first-order valence-electron chi connectivity index (χ1n) is 18.7. The van der Waals surface area contributed by atoms with Crippen LogP contribution in [0.3, 0.4) is 0 Å². The number of rotatable bonds is 18. The maximum absolute atomic E-state index is 12.9. The van der Waals surface area contributed by atoms with Gasteiger partial charge in [-0.1, -0.05) is 84.5 Å². The Hall–Kier alpha value is -0.570. The zero-order valence-corrected chi connectivity index (χ0v) is 29.3. The van der Waals surface area contributed by atoms with Gasteiger partial charge in [0.05, 0.1) is 6.10 Å². The third-order valence-electron chi connectivity index (χ3n) is 13.3. The number of unbranched alkanes of at least 4 members (excludes halogenated alkanes) is 10. The molecule has 0 aromatic rings. The molecule has 4 rings (SSSR count). The summed E-state index contributed by atoms with van der Waals surface area (Å²) in [7, 11) is -1.33. The topological polar surface area (TPSA) is 54.4 Å². The molecule has 0 heterocycles. The number of carbonyl (C=O) groups is 1. The third-order valence-corrected chi connectivity index (χ3v) is 14.8. The molecule has 3 nitrogen and oxygen atoms in total. The van der Waals surface area contributed by atoms with E-state index >= 15 is 0 Å². The molecular weight excluding hydrogens is 619 g/mol. The van der Waals surface area contributed by atoms with Gasteiger partial charge in [-0.2, -0.15) is 22.0 Å². The molecule has 9 heteroatoms. The van der Waals surface area contributed by atoms with Crippen molar-refractivity contribution in [3.8, 4) is 0 Å². The number of aliphatic hydroxyl groups excluding tert-OH is 1. The van der Waals surface area contributed by atoms with Gasteiger partial charge in [0.1, 0.15) is 5.78 Å². The SMILES string of the molecule is C[C@]12CCC(=O)CC1CC(CCCCCCCCCCCCCS(=O)CCCC(F)(F)C(F)(F)F)[C@@H]1[C@H]2CC[C@]2(C)C(O)CC[C@@H]12. The van der Waals surface area contributed by atoms with E-state index in [4.69, 9.17) is 0 Å². The minimum absolute atomic E-state index is 0.0803. The predicted molar refractivity (Wildman–Crippen MR) is 175 cm³/mol. The van der Waals surface area contributed by atoms with E-state index in [1.807, 2.05) is 0 Å². The van der Waals surface area contributed by atoms with Gasteiger partial charge < -0.3 is 5.11 Å². The molecular formula is C37H61F5O3S. The van der Waals surface area contributed by atoms with Crippen LogP contribution in [0.2, 0.25) is 0 Å². The van der Waals surface area contributed by atoms with Crippen LogP contribution in [0.1, 0.15) is 155 Å². The van der Waals surface area contributed by atoms with Gasteiger partial charge >= 0.3 is 12.1 Å². The molecule has 1 N–H and O–H groups in total. The summed E-state index contributed by atoms with van der Waals surface area (Å²) in [5.41, 5.74) is 0.380. The van der Waals surface area contributed by atoms with Crippen LogP contribution in [0.15, 0.2) is 0 Å². The number of Topliss-reactive ketones (excluding diaryl/α,β-unsaturated/α-hetero) is 1. The maximum atomic E-state index is 12.9. The van der Waals surface area contributed by atoms with Crippen molar-refractivity contribution in [1.82, 2.24) is 0 Å². The Bertz CT molecular complexity index is 1000. The van der Waals surface area contributed by atoms with Gasteiger partial charge in [0.25, 0.3) is 0 Å². The van der Waals surface area contributed by atoms with Crippen molar-refractivity contribution in [2.45, 2.75) is 173 Å². The highest BCUT2D eigenvalue weighted by molar-refractivity contribution is 7.84. The molecule has 0 aliphatic heterocycles. The lowest BCUT2D eigenvalue weighted by Gasteiger charge is -2.62. The van der Waals surface area contributed by atoms with Crippen LogP contribution >= 0.6 is 0 Å². The Morgan fingerprint density at radius 2 is 1.33 bits per heavy atom. The van der Waals surface area contributed by atoms with Crippen molar-refractivity contribution in [2.75, 3.05) is 11.5 Å². The average Bonchev–Trinajstić information content (AvgIpc) is 3.29. The Morgan fingerprint density at radius 1 is 0.761 bits per heavy atom. The highest BCUT2D eigenvalue weighted by Crippen LogP contribution is 2.67. The lowest BCUT2D eigenvalue weighted by Crippen LogP contribution is -2.57. The first-order chi connectivity index (χ1) is 21.7. The van der Waals surface area contributed by atoms with E-state index in [0.29, 0.717) is 46.5 Å². The predicted octanol–water partition coefficient (Wildman–Crippen LogP) is 10.6. The molecule has 0 bridgehead atoms. The average molecular weight is 681 g/mol. The summed E-state index contributed by atoms with van der Waals surface area (Å²) in [6.45, 7) is 4.88. The van der Waals surface area contributed by atoms with Gasteiger partial charge in [-0.15, -0.1) is 0 Å². The molecule has 0 aromatic carbocycles. The molecule has 4 unspecified atom stereocenters. The molecule has 46 heavy (non-hydrogen) atoms. The molecule has 4 saturated carbocycles. The van der Waals surface area contributed by atoms with Gasteiger partial charge in [0, 0.05) is 41.6 Å². The molecule has 0 radical (unpaired) electrons. The zero-order valence-electron chi connectivity index (χ0n) is 28.5. The van der Waals surface area contributed by atoms with Crippen LogP contribution in [-0.2, 0) is 15.6 Å². The van der Waals surface area contributed by atoms with E-state index in [0.717, 1.165) is 57.8 Å². The zero-order chi connectivity index (χ0) is 33.6. The number of halogens is 5. The Labute approximate surface area is 277 Å². The fraction of sp³-hybridized carbons (Fsp3) is 0.973. The molecule has 0 spiro atoms. The van der Waals surface area contributed by atoms with Crippen molar-refractivity contribution in [1.29, 1.82) is 0 Å². The lowest BCUT2D eigenvalue weighted by atomic mass is 9.42. The first-order valence-corrected chi connectivity index (χ1v) is 20.2. The Kier molecular flexibility index (Phi) is 13.7. The summed E-state index contributed by atoms with van der Waals surface area (Å²) in [5.74, 6) is -0.652. The molecule has 0 saturated heterocycles. The number of fused-ring (bicyclic) bond motifs is 5. The smallest absolute Gasteiger partial charge is 0.393 e. The van der Waals surface area contributed by atoms with Crippen molar-refractivity contribution >= 4 is 16.6 Å². The summed E-state index contributed by atoms with van der Waals surface area (Å²) < 4.78 is 74.4. The van der Waals surface area contributed by atoms with Crippen LogP contribution in [0.5, 0.6) is 0 Å². The van der Waals surface area contributed by atoms with E-state index in [2.05, 4.69) is 13.8 Å². The Balaban J connectivity index is 1.06. The van der Waals surface area contributed by atoms with Crippen LogP contribution in [0, 0.1) is 40.4 Å². The van der Waals surface area contributed by atoms with Crippen molar-refractivity contribution in [3.05, 3.63) is 0 Å². The summed E-state index contributed by atoms with van der Waals surface area (Å²) in [6.07, 6.45) is 14.7. The molecule has 0 amide bonds. The number of hydrogen-bond acceptors (Lipinski definition) is 3. The minimum Gasteiger partial charge on any atom is -0.393 e. The number of alkyl halides is 5. The summed E-state index contributed by atoms with van der Waals surface area (Å²) in [5, 5.41) is 11.0. The molecule has 0 aromatic heterocycles. The highest BCUT2D eigenvalue weighted by atomic mass is 32.2. The van der Waals surface area contributed by atoms with E-state index in [-0.39, 0.29) is 23.7 Å². The Morgan fingerprint density at radius 3 is 1.96 bits per heavy atom. The molecule has 4 aliphatic carbocycles. The second-order valence-electron chi connectivity index (χ2n) is 16.2. The van der Waals surface area contributed by atoms with E-state index < -0.39 is 29.3 Å². The van der Waals surface area contributed by atoms with Gasteiger partial charge in [0.2, 0.25) is 0 Å².